The predicted octanol–water partition coefficient (Wildman–Crippen LogP) is 3.69. The molecule has 44 heavy (non-hydrogen) atoms. The molecule has 3 aliphatic heterocycles. The van der Waals surface area contributed by atoms with Crippen LogP contribution in [0.3, 0.4) is 0 Å². The number of imide groups is 1. The topological polar surface area (TPSA) is 118 Å². The molecular weight excluding hydrogens is 623 g/mol. The number of thiazole rings is 1. The number of alkyl halides is 3. The van der Waals surface area contributed by atoms with Crippen LogP contribution in [0.4, 0.5) is 18.9 Å². The summed E-state index contributed by atoms with van der Waals surface area (Å²) in [6.45, 7) is 3.13. The van der Waals surface area contributed by atoms with Gasteiger partial charge in [0.05, 0.1) is 42.0 Å². The minimum Gasteiger partial charge on any atom is -0.504 e. The second-order valence-corrected chi connectivity index (χ2v) is 12.5. The summed E-state index contributed by atoms with van der Waals surface area (Å²) in [5.74, 6) is -3.76. The molecule has 15 heteroatoms. The molecular formula is C29H26F3N3O7S2. The zero-order valence-corrected chi connectivity index (χ0v) is 24.8. The van der Waals surface area contributed by atoms with E-state index in [0.29, 0.717) is 41.8 Å². The van der Waals surface area contributed by atoms with E-state index in [4.69, 9.17) is 9.47 Å². The molecule has 0 radical (unpaired) electrons. The quantitative estimate of drug-likeness (QED) is 0.402. The monoisotopic (exact) mass is 649 g/mol. The molecule has 4 heterocycles. The molecule has 0 spiro atoms. The van der Waals surface area contributed by atoms with Crippen LogP contribution < -0.4 is 14.5 Å². The summed E-state index contributed by atoms with van der Waals surface area (Å²) in [6.07, 6.45) is -4.69. The minimum absolute atomic E-state index is 0.127. The number of amides is 3. The number of phenolic OH excluding ortho intramolecular Hbond substituents is 1. The van der Waals surface area contributed by atoms with Gasteiger partial charge in [-0.2, -0.15) is 13.2 Å². The summed E-state index contributed by atoms with van der Waals surface area (Å²) in [4.78, 5) is 56.7. The number of carbonyl (C=O) groups excluding carboxylic acids is 3. The number of anilines is 1. The van der Waals surface area contributed by atoms with E-state index in [1.165, 1.54) is 22.8 Å². The molecule has 10 nitrogen and oxygen atoms in total. The summed E-state index contributed by atoms with van der Waals surface area (Å²) in [5.41, 5.74) is -0.764. The lowest BCUT2D eigenvalue weighted by Crippen LogP contribution is -2.43. The minimum atomic E-state index is -4.69. The molecule has 2 fully saturated rings. The van der Waals surface area contributed by atoms with E-state index in [1.807, 2.05) is 0 Å². The molecule has 6 rings (SSSR count). The Balaban J connectivity index is 1.46. The van der Waals surface area contributed by atoms with Crippen LogP contribution in [0.25, 0.3) is 0 Å². The summed E-state index contributed by atoms with van der Waals surface area (Å²) in [5, 5.41) is 9.58. The second-order valence-electron chi connectivity index (χ2n) is 10.4. The molecule has 3 amide bonds. The first-order valence-electron chi connectivity index (χ1n) is 13.8. The van der Waals surface area contributed by atoms with E-state index in [0.717, 1.165) is 46.2 Å². The van der Waals surface area contributed by atoms with Gasteiger partial charge in [-0.25, -0.2) is 4.90 Å². The van der Waals surface area contributed by atoms with E-state index in [9.17, 15) is 37.5 Å². The summed E-state index contributed by atoms with van der Waals surface area (Å²) >= 11 is 1.81. The van der Waals surface area contributed by atoms with E-state index < -0.39 is 45.5 Å². The number of aromatic nitrogens is 1. The molecule has 0 aliphatic carbocycles. The van der Waals surface area contributed by atoms with Crippen molar-refractivity contribution in [3.05, 3.63) is 68.1 Å². The van der Waals surface area contributed by atoms with Gasteiger partial charge in [0.25, 0.3) is 0 Å². The van der Waals surface area contributed by atoms with Crippen molar-refractivity contribution < 1.29 is 42.1 Å². The van der Waals surface area contributed by atoms with Gasteiger partial charge in [0.2, 0.25) is 17.7 Å². The number of hydrogen-bond acceptors (Lipinski definition) is 9. The van der Waals surface area contributed by atoms with Crippen molar-refractivity contribution in [2.75, 3.05) is 37.8 Å². The highest BCUT2D eigenvalue weighted by Crippen LogP contribution is 2.54. The molecule has 3 atom stereocenters. The Labute approximate surface area is 257 Å². The first-order valence-corrected chi connectivity index (χ1v) is 15.5. The number of aromatic hydroxyl groups is 1. The smallest absolute Gasteiger partial charge is 0.416 e. The Kier molecular flexibility index (Phi) is 7.96. The van der Waals surface area contributed by atoms with Gasteiger partial charge in [-0.05, 0) is 42.8 Å². The van der Waals surface area contributed by atoms with Gasteiger partial charge < -0.3 is 19.5 Å². The maximum absolute atomic E-state index is 14.0. The van der Waals surface area contributed by atoms with Crippen LogP contribution in [0, 0.1) is 5.92 Å². The predicted molar refractivity (Wildman–Crippen MR) is 154 cm³/mol. The van der Waals surface area contributed by atoms with E-state index in [2.05, 4.69) is 0 Å². The van der Waals surface area contributed by atoms with Crippen molar-refractivity contribution in [3.8, 4) is 11.5 Å². The normalized spacial score (nSPS) is 21.8. The number of rotatable bonds is 6. The zero-order chi connectivity index (χ0) is 31.3. The maximum atomic E-state index is 14.0. The van der Waals surface area contributed by atoms with Gasteiger partial charge in [0.15, 0.2) is 11.5 Å². The van der Waals surface area contributed by atoms with Gasteiger partial charge in [-0.1, -0.05) is 35.2 Å². The zero-order valence-electron chi connectivity index (χ0n) is 23.2. The Morgan fingerprint density at radius 2 is 1.84 bits per heavy atom. The largest absolute Gasteiger partial charge is 0.504 e. The lowest BCUT2D eigenvalue weighted by Gasteiger charge is -2.31. The Hall–Kier alpha value is -3.82. The van der Waals surface area contributed by atoms with Crippen LogP contribution in [-0.2, 0) is 31.8 Å². The average Bonchev–Trinajstić information content (AvgIpc) is 3.44. The van der Waals surface area contributed by atoms with Gasteiger partial charge in [0, 0.05) is 23.9 Å². The summed E-state index contributed by atoms with van der Waals surface area (Å²) in [6, 6.07) is 8.47. The third kappa shape index (κ3) is 5.26. The number of ether oxygens (including phenoxy) is 2. The molecule has 3 aliphatic rings. The number of morpholine rings is 1. The molecule has 1 aromatic heterocycles. The molecule has 0 bridgehead atoms. The van der Waals surface area contributed by atoms with Crippen molar-refractivity contribution in [1.29, 1.82) is 0 Å². The van der Waals surface area contributed by atoms with Crippen molar-refractivity contribution in [1.82, 2.24) is 9.47 Å². The molecule has 0 saturated carbocycles. The van der Waals surface area contributed by atoms with Gasteiger partial charge in [-0.15, -0.1) is 0 Å². The Bertz CT molecular complexity index is 1700. The first kappa shape index (κ1) is 30.2. The standard InChI is InChI=1S/C29H26F3N3O7S2/c1-2-42-19-12-15(6-7-18(19)36)21-22-23(26(39)35(25(22)38)17-5-3-4-16(13-17)29(30,31)32)43-27-24(21)44-28(40)34(27)14-20(37)33-8-10-41-11-9-33/h3-7,12-13,21-23,36H,2,8-11,14H2,1H3. The number of fused-ring (bicyclic) bond motifs is 2. The average molecular weight is 650 g/mol. The van der Waals surface area contributed by atoms with Crippen LogP contribution in [-0.4, -0.2) is 70.5 Å². The maximum Gasteiger partial charge on any atom is 0.416 e. The van der Waals surface area contributed by atoms with Gasteiger partial charge in [0.1, 0.15) is 11.8 Å². The molecule has 3 unspecified atom stereocenters. The Morgan fingerprint density at radius 1 is 1.09 bits per heavy atom. The lowest BCUT2D eigenvalue weighted by molar-refractivity contribution is -0.138. The SMILES string of the molecule is CCOc1cc(C2c3sc(=O)n(CC(=O)N4CCOCC4)c3SC3C(=O)N(c4cccc(C(F)(F)F)c4)C(=O)C32)ccc1O. The summed E-state index contributed by atoms with van der Waals surface area (Å²) < 4.78 is 52.7. The van der Waals surface area contributed by atoms with Gasteiger partial charge >= 0.3 is 11.0 Å². The van der Waals surface area contributed by atoms with Crippen LogP contribution in [0.2, 0.25) is 0 Å². The molecule has 3 aromatic rings. The number of thioether (sulfide) groups is 1. The van der Waals surface area contributed by atoms with Crippen LogP contribution in [0.15, 0.2) is 52.3 Å². The number of halogens is 3. The molecule has 1 N–H and O–H groups in total. The van der Waals surface area contributed by atoms with E-state index in [1.54, 1.807) is 17.9 Å². The number of phenols is 1. The van der Waals surface area contributed by atoms with Crippen LogP contribution in [0.5, 0.6) is 11.5 Å². The number of benzene rings is 2. The first-order chi connectivity index (χ1) is 21.0. The third-order valence-electron chi connectivity index (χ3n) is 7.78. The number of carbonyl (C=O) groups is 3. The molecule has 2 saturated heterocycles. The highest BCUT2D eigenvalue weighted by molar-refractivity contribution is 8.00. The fraction of sp³-hybridized carbons (Fsp3) is 0.379. The van der Waals surface area contributed by atoms with Crippen molar-refractivity contribution in [2.45, 2.75) is 35.8 Å². The highest BCUT2D eigenvalue weighted by Gasteiger charge is 2.57. The van der Waals surface area contributed by atoms with E-state index >= 15 is 0 Å². The van der Waals surface area contributed by atoms with Crippen LogP contribution >= 0.6 is 23.1 Å². The van der Waals surface area contributed by atoms with Crippen LogP contribution in [0.1, 0.15) is 28.8 Å². The number of nitrogens with zero attached hydrogens (tertiary/aromatic N) is 3. The molecule has 232 valence electrons. The van der Waals surface area contributed by atoms with Crippen molar-refractivity contribution >= 4 is 46.5 Å². The second kappa shape index (κ2) is 11.6. The Morgan fingerprint density at radius 3 is 2.55 bits per heavy atom. The van der Waals surface area contributed by atoms with E-state index in [-0.39, 0.29) is 36.2 Å². The third-order valence-corrected chi connectivity index (χ3v) is 10.4. The number of hydrogen-bond donors (Lipinski definition) is 1. The lowest BCUT2D eigenvalue weighted by atomic mass is 9.83. The summed E-state index contributed by atoms with van der Waals surface area (Å²) in [7, 11) is 0. The fourth-order valence-corrected chi connectivity index (χ4v) is 8.51. The van der Waals surface area contributed by atoms with Crippen molar-refractivity contribution in [3.63, 3.8) is 0 Å². The fourth-order valence-electron chi connectivity index (χ4n) is 5.73. The highest BCUT2D eigenvalue weighted by atomic mass is 32.2. The van der Waals surface area contributed by atoms with Crippen molar-refractivity contribution in [2.24, 2.45) is 5.92 Å². The van der Waals surface area contributed by atoms with Gasteiger partial charge in [-0.3, -0.25) is 23.7 Å². The molecule has 2 aromatic carbocycles.